The maximum Gasteiger partial charge on any atom is 0.258 e. The summed E-state index contributed by atoms with van der Waals surface area (Å²) in [5, 5.41) is 2.72. The number of nitrogens with one attached hydrogen (secondary N) is 1. The molecule has 0 saturated carbocycles. The molecule has 0 fully saturated rings. The predicted octanol–water partition coefficient (Wildman–Crippen LogP) is 1.58. The van der Waals surface area contributed by atoms with E-state index in [0.717, 1.165) is 19.4 Å². The Labute approximate surface area is 114 Å². The van der Waals surface area contributed by atoms with E-state index in [-0.39, 0.29) is 12.5 Å². The first-order chi connectivity index (χ1) is 9.22. The zero-order valence-electron chi connectivity index (χ0n) is 11.4. The second kappa shape index (κ2) is 9.22. The van der Waals surface area contributed by atoms with Gasteiger partial charge in [-0.05, 0) is 18.6 Å². The van der Waals surface area contributed by atoms with Crippen LogP contribution in [0.2, 0.25) is 0 Å². The number of hydrogen-bond acceptors (Lipinski definition) is 4. The summed E-state index contributed by atoms with van der Waals surface area (Å²) in [6.07, 6.45) is 2.16. The number of nitrogens with two attached hydrogens (primary N) is 1. The predicted molar refractivity (Wildman–Crippen MR) is 75.1 cm³/mol. The van der Waals surface area contributed by atoms with Gasteiger partial charge in [0.2, 0.25) is 0 Å². The first kappa shape index (κ1) is 15.3. The number of ether oxygens (including phenoxy) is 2. The fraction of sp³-hybridized carbons (Fsp3) is 0.500. The minimum absolute atomic E-state index is 0.0155. The van der Waals surface area contributed by atoms with Crippen LogP contribution in [0.3, 0.4) is 0 Å². The van der Waals surface area contributed by atoms with Crippen molar-refractivity contribution in [1.29, 1.82) is 0 Å². The Morgan fingerprint density at radius 2 is 2.21 bits per heavy atom. The van der Waals surface area contributed by atoms with Gasteiger partial charge < -0.3 is 20.5 Å². The first-order valence-corrected chi connectivity index (χ1v) is 6.55. The largest absolute Gasteiger partial charge is 0.484 e. The average Bonchev–Trinajstić information content (AvgIpc) is 2.40. The van der Waals surface area contributed by atoms with E-state index in [0.29, 0.717) is 24.6 Å². The molecule has 1 amide bonds. The Morgan fingerprint density at radius 1 is 1.37 bits per heavy atom. The van der Waals surface area contributed by atoms with Gasteiger partial charge in [-0.2, -0.15) is 0 Å². The number of benzene rings is 1. The van der Waals surface area contributed by atoms with Crippen LogP contribution in [-0.2, 0) is 9.53 Å². The van der Waals surface area contributed by atoms with Gasteiger partial charge in [-0.1, -0.05) is 19.4 Å². The summed E-state index contributed by atoms with van der Waals surface area (Å²) in [6, 6.07) is 6.99. The molecule has 5 heteroatoms. The number of unbranched alkanes of at least 4 members (excludes halogenated alkanes) is 1. The molecule has 0 heterocycles. The van der Waals surface area contributed by atoms with E-state index in [4.69, 9.17) is 15.2 Å². The van der Waals surface area contributed by atoms with Crippen LogP contribution >= 0.6 is 0 Å². The zero-order chi connectivity index (χ0) is 13.9. The highest BCUT2D eigenvalue weighted by Crippen LogP contribution is 2.13. The SMILES string of the molecule is CCCCOCCNC(=O)COc1cccc(N)c1. The maximum atomic E-state index is 11.5. The third-order valence-corrected chi connectivity index (χ3v) is 2.44. The Kier molecular flexibility index (Phi) is 7.43. The lowest BCUT2D eigenvalue weighted by Crippen LogP contribution is -2.31. The van der Waals surface area contributed by atoms with E-state index < -0.39 is 0 Å². The second-order valence-corrected chi connectivity index (χ2v) is 4.18. The lowest BCUT2D eigenvalue weighted by molar-refractivity contribution is -0.123. The fourth-order valence-corrected chi connectivity index (χ4v) is 1.42. The van der Waals surface area contributed by atoms with Crippen LogP contribution in [0, 0.1) is 0 Å². The van der Waals surface area contributed by atoms with Gasteiger partial charge in [0.25, 0.3) is 5.91 Å². The van der Waals surface area contributed by atoms with Crippen LogP contribution in [0.4, 0.5) is 5.69 Å². The summed E-state index contributed by atoms with van der Waals surface area (Å²) in [7, 11) is 0. The molecule has 0 aliphatic rings. The summed E-state index contributed by atoms with van der Waals surface area (Å²) in [5.41, 5.74) is 6.22. The maximum absolute atomic E-state index is 11.5. The second-order valence-electron chi connectivity index (χ2n) is 4.18. The van der Waals surface area contributed by atoms with Crippen LogP contribution in [0.5, 0.6) is 5.75 Å². The lowest BCUT2D eigenvalue weighted by atomic mass is 10.3. The van der Waals surface area contributed by atoms with Crippen molar-refractivity contribution in [3.8, 4) is 5.75 Å². The number of hydrogen-bond donors (Lipinski definition) is 2. The molecule has 1 aromatic rings. The van der Waals surface area contributed by atoms with Crippen molar-refractivity contribution in [1.82, 2.24) is 5.32 Å². The van der Waals surface area contributed by atoms with Gasteiger partial charge in [0.15, 0.2) is 6.61 Å². The highest BCUT2D eigenvalue weighted by atomic mass is 16.5. The molecule has 106 valence electrons. The van der Waals surface area contributed by atoms with Crippen LogP contribution in [0.1, 0.15) is 19.8 Å². The smallest absolute Gasteiger partial charge is 0.258 e. The van der Waals surface area contributed by atoms with Crippen molar-refractivity contribution in [3.05, 3.63) is 24.3 Å². The lowest BCUT2D eigenvalue weighted by Gasteiger charge is -2.08. The van der Waals surface area contributed by atoms with Gasteiger partial charge in [-0.15, -0.1) is 0 Å². The Bertz CT molecular complexity index is 383. The molecule has 0 atom stereocenters. The van der Waals surface area contributed by atoms with Gasteiger partial charge in [-0.25, -0.2) is 0 Å². The number of anilines is 1. The zero-order valence-corrected chi connectivity index (χ0v) is 11.4. The van der Waals surface area contributed by atoms with Crippen LogP contribution in [-0.4, -0.2) is 32.3 Å². The van der Waals surface area contributed by atoms with Crippen molar-refractivity contribution in [3.63, 3.8) is 0 Å². The molecule has 0 radical (unpaired) electrons. The molecule has 3 N–H and O–H groups in total. The molecular formula is C14H22N2O3. The normalized spacial score (nSPS) is 10.2. The Balaban J connectivity index is 2.08. The molecule has 19 heavy (non-hydrogen) atoms. The Hall–Kier alpha value is -1.75. The molecular weight excluding hydrogens is 244 g/mol. The van der Waals surface area contributed by atoms with Crippen molar-refractivity contribution in [2.24, 2.45) is 0 Å². The van der Waals surface area contributed by atoms with Gasteiger partial charge in [-0.3, -0.25) is 4.79 Å². The summed E-state index contributed by atoms with van der Waals surface area (Å²) in [5.74, 6) is 0.427. The molecule has 1 rings (SSSR count). The van der Waals surface area contributed by atoms with E-state index in [1.165, 1.54) is 0 Å². The third-order valence-electron chi connectivity index (χ3n) is 2.44. The highest BCUT2D eigenvalue weighted by molar-refractivity contribution is 5.77. The van der Waals surface area contributed by atoms with Gasteiger partial charge >= 0.3 is 0 Å². The van der Waals surface area contributed by atoms with E-state index in [1.54, 1.807) is 24.3 Å². The quantitative estimate of drug-likeness (QED) is 0.526. The molecule has 0 bridgehead atoms. The Morgan fingerprint density at radius 3 is 2.95 bits per heavy atom. The molecule has 0 aromatic heterocycles. The third kappa shape index (κ3) is 7.31. The molecule has 0 saturated heterocycles. The minimum atomic E-state index is -0.165. The number of carbonyl (C=O) groups excluding carboxylic acids is 1. The molecule has 5 nitrogen and oxygen atoms in total. The standard InChI is InChI=1S/C14H22N2O3/c1-2-3-8-18-9-7-16-14(17)11-19-13-6-4-5-12(15)10-13/h4-6,10H,2-3,7-9,11,15H2,1H3,(H,16,17). The average molecular weight is 266 g/mol. The summed E-state index contributed by atoms with van der Waals surface area (Å²) >= 11 is 0. The summed E-state index contributed by atoms with van der Waals surface area (Å²) < 4.78 is 10.6. The summed E-state index contributed by atoms with van der Waals surface area (Å²) in [6.45, 7) is 3.87. The molecule has 0 aliphatic carbocycles. The topological polar surface area (TPSA) is 73.6 Å². The number of rotatable bonds is 9. The van der Waals surface area contributed by atoms with E-state index in [1.807, 2.05) is 0 Å². The van der Waals surface area contributed by atoms with Crippen molar-refractivity contribution in [2.45, 2.75) is 19.8 Å². The molecule has 0 unspecified atom stereocenters. The monoisotopic (exact) mass is 266 g/mol. The van der Waals surface area contributed by atoms with E-state index in [2.05, 4.69) is 12.2 Å². The number of amides is 1. The molecule has 0 spiro atoms. The van der Waals surface area contributed by atoms with Gasteiger partial charge in [0.05, 0.1) is 6.61 Å². The summed E-state index contributed by atoms with van der Waals surface area (Å²) in [4.78, 5) is 11.5. The van der Waals surface area contributed by atoms with Crippen molar-refractivity contribution >= 4 is 11.6 Å². The van der Waals surface area contributed by atoms with Crippen molar-refractivity contribution in [2.75, 3.05) is 32.1 Å². The minimum Gasteiger partial charge on any atom is -0.484 e. The molecule has 1 aromatic carbocycles. The number of carbonyl (C=O) groups is 1. The van der Waals surface area contributed by atoms with Crippen LogP contribution < -0.4 is 15.8 Å². The fourth-order valence-electron chi connectivity index (χ4n) is 1.42. The van der Waals surface area contributed by atoms with Crippen molar-refractivity contribution < 1.29 is 14.3 Å². The highest BCUT2D eigenvalue weighted by Gasteiger charge is 2.02. The first-order valence-electron chi connectivity index (χ1n) is 6.55. The van der Waals surface area contributed by atoms with Gasteiger partial charge in [0, 0.05) is 24.9 Å². The van der Waals surface area contributed by atoms with Gasteiger partial charge in [0.1, 0.15) is 5.75 Å². The number of nitrogen functional groups attached to an aromatic ring is 1. The van der Waals surface area contributed by atoms with E-state index >= 15 is 0 Å². The van der Waals surface area contributed by atoms with E-state index in [9.17, 15) is 4.79 Å². The van der Waals surface area contributed by atoms with Crippen LogP contribution in [0.25, 0.3) is 0 Å². The molecule has 0 aliphatic heterocycles. The van der Waals surface area contributed by atoms with Crippen LogP contribution in [0.15, 0.2) is 24.3 Å².